The van der Waals surface area contributed by atoms with Crippen molar-refractivity contribution in [1.29, 1.82) is 0 Å². The molecule has 2 heteroatoms. The maximum atomic E-state index is 10.4. The van der Waals surface area contributed by atoms with E-state index >= 15 is 0 Å². The van der Waals surface area contributed by atoms with E-state index in [4.69, 9.17) is 0 Å². The lowest BCUT2D eigenvalue weighted by Gasteiger charge is -1.80. The molecule has 2 fully saturated rings. The summed E-state index contributed by atoms with van der Waals surface area (Å²) in [5, 5.41) is 0.637. The number of hydrogen-bond acceptors (Lipinski definition) is 1. The fourth-order valence-electron chi connectivity index (χ4n) is 0.794. The fourth-order valence-corrected chi connectivity index (χ4v) is 2.30. The Morgan fingerprint density at radius 1 is 2.00 bits per heavy atom. The van der Waals surface area contributed by atoms with Crippen molar-refractivity contribution in [1.82, 2.24) is 0 Å². The van der Waals surface area contributed by atoms with Gasteiger partial charge in [0, 0.05) is 10.8 Å². The van der Waals surface area contributed by atoms with Crippen LogP contribution in [0.5, 0.6) is 0 Å². The maximum Gasteiger partial charge on any atom is 0.0590 e. The van der Waals surface area contributed by atoms with E-state index in [1.54, 1.807) is 0 Å². The molecule has 0 aromatic heterocycles. The molecule has 3 atom stereocenters. The van der Waals surface area contributed by atoms with Crippen LogP contribution in [0.4, 0.5) is 0 Å². The van der Waals surface area contributed by atoms with Gasteiger partial charge in [-0.15, -0.1) is 0 Å². The van der Waals surface area contributed by atoms with Crippen LogP contribution in [0.1, 0.15) is 13.3 Å². The molecule has 0 spiro atoms. The first-order valence-corrected chi connectivity index (χ1v) is 3.37. The molecule has 0 aromatic carbocycles. The molecule has 1 aliphatic heterocycles. The summed E-state index contributed by atoms with van der Waals surface area (Å²) in [6.07, 6.45) is 1.24. The zero-order valence-corrected chi connectivity index (χ0v) is 4.42. The molecule has 1 nitrogen and oxygen atoms in total. The van der Waals surface area contributed by atoms with E-state index in [0.29, 0.717) is 10.00 Å². The number of fused-ring (bicyclic) bond motifs is 1. The monoisotopic (exact) mass is 102 g/mol. The molecule has 1 saturated carbocycles. The lowest BCUT2D eigenvalue weighted by Crippen LogP contribution is -1.88. The second-order valence-electron chi connectivity index (χ2n) is 2.30. The first kappa shape index (κ1) is 3.19. The van der Waals surface area contributed by atoms with E-state index in [-0.39, 0.29) is 10.8 Å². The van der Waals surface area contributed by atoms with Crippen molar-refractivity contribution in [3.05, 3.63) is 0 Å². The molecular formula is C4H6OS. The normalized spacial score (nSPS) is 72.8. The molecule has 1 saturated heterocycles. The number of hydrogen-bond donors (Lipinski definition) is 0. The van der Waals surface area contributed by atoms with Crippen LogP contribution < -0.4 is 0 Å². The Labute approximate surface area is 39.2 Å². The summed E-state index contributed by atoms with van der Waals surface area (Å²) in [7, 11) is -0.374. The Bertz CT molecular complexity index is 132. The molecule has 2 rings (SSSR count). The van der Waals surface area contributed by atoms with Gasteiger partial charge in [-0.25, -0.2) is 0 Å². The van der Waals surface area contributed by atoms with Crippen molar-refractivity contribution < 1.29 is 4.21 Å². The average Bonchev–Trinajstić information content (AvgIpc) is 2.24. The molecule has 6 heavy (non-hydrogen) atoms. The molecule has 1 heterocycles. The average molecular weight is 102 g/mol. The van der Waals surface area contributed by atoms with E-state index < -0.39 is 0 Å². The predicted molar refractivity (Wildman–Crippen MR) is 25.0 cm³/mol. The zero-order chi connectivity index (χ0) is 4.36. The van der Waals surface area contributed by atoms with Crippen LogP contribution in [0, 0.1) is 0 Å². The van der Waals surface area contributed by atoms with Crippen LogP contribution in [0.25, 0.3) is 0 Å². The molecule has 0 aromatic rings. The van der Waals surface area contributed by atoms with Gasteiger partial charge in [-0.05, 0) is 13.3 Å². The van der Waals surface area contributed by atoms with Gasteiger partial charge >= 0.3 is 0 Å². The van der Waals surface area contributed by atoms with Gasteiger partial charge in [0.2, 0.25) is 0 Å². The highest BCUT2D eigenvalue weighted by Crippen LogP contribution is 2.63. The lowest BCUT2D eigenvalue weighted by atomic mass is 10.5. The smallest absolute Gasteiger partial charge is 0.0590 e. The lowest BCUT2D eigenvalue weighted by molar-refractivity contribution is 0.685. The molecule has 0 amide bonds. The van der Waals surface area contributed by atoms with Crippen molar-refractivity contribution >= 4 is 10.8 Å². The van der Waals surface area contributed by atoms with Crippen LogP contribution in [-0.2, 0) is 10.8 Å². The molecule has 0 N–H and O–H groups in total. The minimum atomic E-state index is -0.374. The van der Waals surface area contributed by atoms with Gasteiger partial charge in [-0.3, -0.25) is 4.21 Å². The van der Waals surface area contributed by atoms with E-state index in [1.165, 1.54) is 6.42 Å². The Morgan fingerprint density at radius 3 is 2.33 bits per heavy atom. The highest BCUT2D eigenvalue weighted by molar-refractivity contribution is 7.96. The van der Waals surface area contributed by atoms with Gasteiger partial charge < -0.3 is 0 Å². The molecular weight excluding hydrogens is 96.1 g/mol. The molecule has 34 valence electrons. The third-order valence-electron chi connectivity index (χ3n) is 1.77. The molecule has 0 radical (unpaired) electrons. The summed E-state index contributed by atoms with van der Waals surface area (Å²) in [6.45, 7) is 2.09. The fraction of sp³-hybridized carbons (Fsp3) is 1.00. The topological polar surface area (TPSA) is 17.1 Å². The minimum Gasteiger partial charge on any atom is -0.259 e. The maximum absolute atomic E-state index is 10.4. The van der Waals surface area contributed by atoms with E-state index in [2.05, 4.69) is 6.92 Å². The first-order chi connectivity index (χ1) is 2.75. The minimum absolute atomic E-state index is 0.347. The summed E-state index contributed by atoms with van der Waals surface area (Å²) in [4.78, 5) is 0. The van der Waals surface area contributed by atoms with Gasteiger partial charge in [0.25, 0.3) is 0 Å². The summed E-state index contributed by atoms with van der Waals surface area (Å²) in [5.74, 6) is 0. The number of rotatable bonds is 0. The van der Waals surface area contributed by atoms with E-state index in [0.717, 1.165) is 0 Å². The standard InChI is InChI=1S/C4H6OS/c1-4-2-3(4)6(4)5/h3H,2H2,1H3. The SMILES string of the molecule is CC12CC1S2=O. The van der Waals surface area contributed by atoms with Crippen molar-refractivity contribution in [2.75, 3.05) is 0 Å². The van der Waals surface area contributed by atoms with Crippen molar-refractivity contribution in [3.63, 3.8) is 0 Å². The van der Waals surface area contributed by atoms with Crippen LogP contribution in [-0.4, -0.2) is 14.2 Å². The molecule has 0 bridgehead atoms. The molecule has 3 unspecified atom stereocenters. The summed E-state index contributed by atoms with van der Waals surface area (Å²) in [5.41, 5.74) is 0. The molecule has 2 aliphatic rings. The third kappa shape index (κ3) is 0.140. The van der Waals surface area contributed by atoms with Gasteiger partial charge in [0.1, 0.15) is 0 Å². The van der Waals surface area contributed by atoms with Gasteiger partial charge in [0.15, 0.2) is 0 Å². The third-order valence-corrected chi connectivity index (χ3v) is 4.09. The Kier molecular flexibility index (Phi) is 0.273. The molecule has 1 aliphatic carbocycles. The Balaban J connectivity index is 2.43. The van der Waals surface area contributed by atoms with E-state index in [1.807, 2.05) is 0 Å². The van der Waals surface area contributed by atoms with Gasteiger partial charge in [-0.2, -0.15) is 0 Å². The van der Waals surface area contributed by atoms with Crippen LogP contribution in [0.2, 0.25) is 0 Å². The largest absolute Gasteiger partial charge is 0.259 e. The second kappa shape index (κ2) is 0.513. The van der Waals surface area contributed by atoms with E-state index in [9.17, 15) is 4.21 Å². The summed E-state index contributed by atoms with van der Waals surface area (Å²) in [6, 6.07) is 0. The van der Waals surface area contributed by atoms with Gasteiger partial charge in [0.05, 0.1) is 10.00 Å². The zero-order valence-electron chi connectivity index (χ0n) is 3.60. The Morgan fingerprint density at radius 2 is 2.33 bits per heavy atom. The second-order valence-corrected chi connectivity index (χ2v) is 4.40. The highest BCUT2D eigenvalue weighted by Gasteiger charge is 2.75. The summed E-state index contributed by atoms with van der Waals surface area (Å²) >= 11 is 0. The quantitative estimate of drug-likeness (QED) is 0.401. The van der Waals surface area contributed by atoms with Crippen LogP contribution in [0.3, 0.4) is 0 Å². The predicted octanol–water partition coefficient (Wildman–Crippen LogP) is 0.280. The Hall–Kier alpha value is 0.150. The van der Waals surface area contributed by atoms with Crippen molar-refractivity contribution in [2.45, 2.75) is 23.3 Å². The summed E-state index contributed by atoms with van der Waals surface area (Å²) < 4.78 is 10.7. The van der Waals surface area contributed by atoms with Crippen LogP contribution in [0.15, 0.2) is 0 Å². The van der Waals surface area contributed by atoms with Crippen LogP contribution >= 0.6 is 0 Å². The van der Waals surface area contributed by atoms with Crippen molar-refractivity contribution in [2.24, 2.45) is 0 Å². The van der Waals surface area contributed by atoms with Gasteiger partial charge in [-0.1, -0.05) is 0 Å². The highest BCUT2D eigenvalue weighted by atomic mass is 32.2. The van der Waals surface area contributed by atoms with Crippen molar-refractivity contribution in [3.8, 4) is 0 Å². The first-order valence-electron chi connectivity index (χ1n) is 2.16.